The molecular weight excluding hydrogens is 179 g/mol. The summed E-state index contributed by atoms with van der Waals surface area (Å²) in [6.07, 6.45) is 3.68. The standard InChI is InChI=1S/C11H15FN2/c1-14(10-6-4-5-9(10)12)11-7-2-3-8-13-11/h2-3,7-10H,4-6H2,1H3. The topological polar surface area (TPSA) is 16.1 Å². The molecule has 1 aromatic rings. The van der Waals surface area contributed by atoms with Crippen molar-refractivity contribution >= 4 is 5.82 Å². The second-order valence-corrected chi connectivity index (χ2v) is 3.81. The Morgan fingerprint density at radius 2 is 2.29 bits per heavy atom. The van der Waals surface area contributed by atoms with Crippen LogP contribution in [0.4, 0.5) is 10.2 Å². The number of hydrogen-bond donors (Lipinski definition) is 0. The number of rotatable bonds is 2. The Morgan fingerprint density at radius 1 is 1.43 bits per heavy atom. The second kappa shape index (κ2) is 3.95. The zero-order valence-corrected chi connectivity index (χ0v) is 8.36. The van der Waals surface area contributed by atoms with Crippen molar-refractivity contribution in [3.8, 4) is 0 Å². The van der Waals surface area contributed by atoms with Crippen LogP contribution < -0.4 is 4.90 Å². The smallest absolute Gasteiger partial charge is 0.128 e. The maximum atomic E-state index is 13.5. The normalized spacial score (nSPS) is 26.4. The molecule has 0 aliphatic heterocycles. The molecule has 2 nitrogen and oxygen atoms in total. The van der Waals surface area contributed by atoms with Gasteiger partial charge in [-0.05, 0) is 31.4 Å². The van der Waals surface area contributed by atoms with E-state index in [1.807, 2.05) is 30.1 Å². The lowest BCUT2D eigenvalue weighted by molar-refractivity contribution is 0.306. The molecule has 0 amide bonds. The second-order valence-electron chi connectivity index (χ2n) is 3.81. The van der Waals surface area contributed by atoms with Crippen molar-refractivity contribution in [2.45, 2.75) is 31.5 Å². The van der Waals surface area contributed by atoms with E-state index >= 15 is 0 Å². The summed E-state index contributed by atoms with van der Waals surface area (Å²) in [5, 5.41) is 0. The van der Waals surface area contributed by atoms with Gasteiger partial charge >= 0.3 is 0 Å². The first-order chi connectivity index (χ1) is 6.79. The van der Waals surface area contributed by atoms with Crippen molar-refractivity contribution in [2.24, 2.45) is 0 Å². The van der Waals surface area contributed by atoms with Gasteiger partial charge in [-0.25, -0.2) is 9.37 Å². The third kappa shape index (κ3) is 1.72. The summed E-state index contributed by atoms with van der Waals surface area (Å²) in [7, 11) is 1.92. The van der Waals surface area contributed by atoms with E-state index in [0.29, 0.717) is 6.42 Å². The minimum absolute atomic E-state index is 0.0184. The fraction of sp³-hybridized carbons (Fsp3) is 0.545. The lowest BCUT2D eigenvalue weighted by Gasteiger charge is -2.26. The van der Waals surface area contributed by atoms with Gasteiger partial charge in [-0.15, -0.1) is 0 Å². The summed E-state index contributed by atoms with van der Waals surface area (Å²) in [6, 6.07) is 5.75. The maximum absolute atomic E-state index is 13.5. The predicted octanol–water partition coefficient (Wildman–Crippen LogP) is 2.41. The molecule has 1 saturated carbocycles. The van der Waals surface area contributed by atoms with Gasteiger partial charge in [0.1, 0.15) is 12.0 Å². The van der Waals surface area contributed by atoms with E-state index < -0.39 is 6.17 Å². The highest BCUT2D eigenvalue weighted by atomic mass is 19.1. The lowest BCUT2D eigenvalue weighted by atomic mass is 10.2. The highest BCUT2D eigenvalue weighted by Crippen LogP contribution is 2.28. The molecule has 3 heteroatoms. The summed E-state index contributed by atoms with van der Waals surface area (Å²) >= 11 is 0. The van der Waals surface area contributed by atoms with Gasteiger partial charge in [-0.3, -0.25) is 0 Å². The van der Waals surface area contributed by atoms with Crippen LogP contribution in [0.5, 0.6) is 0 Å². The van der Waals surface area contributed by atoms with Gasteiger partial charge in [0, 0.05) is 13.2 Å². The first-order valence-electron chi connectivity index (χ1n) is 5.07. The molecule has 1 aromatic heterocycles. The van der Waals surface area contributed by atoms with E-state index in [1.54, 1.807) is 6.20 Å². The van der Waals surface area contributed by atoms with Crippen LogP contribution in [0.15, 0.2) is 24.4 Å². The highest BCUT2D eigenvalue weighted by Gasteiger charge is 2.30. The van der Waals surface area contributed by atoms with Gasteiger partial charge < -0.3 is 4.90 Å². The predicted molar refractivity (Wildman–Crippen MR) is 55.2 cm³/mol. The van der Waals surface area contributed by atoms with Crippen molar-refractivity contribution in [3.63, 3.8) is 0 Å². The number of aromatic nitrogens is 1. The molecule has 76 valence electrons. The van der Waals surface area contributed by atoms with E-state index in [-0.39, 0.29) is 6.04 Å². The summed E-state index contributed by atoms with van der Waals surface area (Å²) in [4.78, 5) is 6.17. The minimum atomic E-state index is -0.693. The van der Waals surface area contributed by atoms with Crippen LogP contribution in [0.2, 0.25) is 0 Å². The van der Waals surface area contributed by atoms with Crippen molar-refractivity contribution < 1.29 is 4.39 Å². The van der Waals surface area contributed by atoms with Gasteiger partial charge in [0.25, 0.3) is 0 Å². The minimum Gasteiger partial charge on any atom is -0.354 e. The van der Waals surface area contributed by atoms with Crippen molar-refractivity contribution in [1.29, 1.82) is 0 Å². The van der Waals surface area contributed by atoms with Crippen LogP contribution in [0.1, 0.15) is 19.3 Å². The van der Waals surface area contributed by atoms with Crippen molar-refractivity contribution in [1.82, 2.24) is 4.98 Å². The summed E-state index contributed by atoms with van der Waals surface area (Å²) < 4.78 is 13.5. The Kier molecular flexibility index (Phi) is 2.66. The quantitative estimate of drug-likeness (QED) is 0.718. The molecule has 0 N–H and O–H groups in total. The average molecular weight is 194 g/mol. The van der Waals surface area contributed by atoms with Crippen molar-refractivity contribution in [2.75, 3.05) is 11.9 Å². The van der Waals surface area contributed by atoms with Crippen LogP contribution in [-0.2, 0) is 0 Å². The Bertz CT molecular complexity index is 289. The third-order valence-corrected chi connectivity index (χ3v) is 2.91. The molecule has 2 unspecified atom stereocenters. The number of alkyl halides is 1. The molecule has 0 radical (unpaired) electrons. The lowest BCUT2D eigenvalue weighted by Crippen LogP contribution is -2.36. The zero-order chi connectivity index (χ0) is 9.97. The Morgan fingerprint density at radius 3 is 2.86 bits per heavy atom. The van der Waals surface area contributed by atoms with E-state index in [4.69, 9.17) is 0 Å². The van der Waals surface area contributed by atoms with E-state index in [0.717, 1.165) is 18.7 Å². The van der Waals surface area contributed by atoms with E-state index in [9.17, 15) is 4.39 Å². The van der Waals surface area contributed by atoms with Crippen LogP contribution in [0, 0.1) is 0 Å². The van der Waals surface area contributed by atoms with Gasteiger partial charge in [0.05, 0.1) is 6.04 Å². The Labute approximate surface area is 83.8 Å². The van der Waals surface area contributed by atoms with E-state index in [2.05, 4.69) is 4.98 Å². The zero-order valence-electron chi connectivity index (χ0n) is 8.36. The molecule has 0 aromatic carbocycles. The largest absolute Gasteiger partial charge is 0.354 e. The van der Waals surface area contributed by atoms with Crippen molar-refractivity contribution in [3.05, 3.63) is 24.4 Å². The Balaban J connectivity index is 2.12. The monoisotopic (exact) mass is 194 g/mol. The molecule has 1 fully saturated rings. The van der Waals surface area contributed by atoms with Gasteiger partial charge in [-0.2, -0.15) is 0 Å². The fourth-order valence-corrected chi connectivity index (χ4v) is 2.06. The molecule has 1 aliphatic carbocycles. The molecule has 2 rings (SSSR count). The van der Waals surface area contributed by atoms with Crippen LogP contribution >= 0.6 is 0 Å². The number of halogens is 1. The number of hydrogen-bond acceptors (Lipinski definition) is 2. The molecule has 0 spiro atoms. The third-order valence-electron chi connectivity index (χ3n) is 2.91. The molecular formula is C11H15FN2. The number of anilines is 1. The summed E-state index contributed by atoms with van der Waals surface area (Å²) in [5.74, 6) is 0.863. The summed E-state index contributed by atoms with van der Waals surface area (Å²) in [5.41, 5.74) is 0. The van der Waals surface area contributed by atoms with Gasteiger partial charge in [0.15, 0.2) is 0 Å². The maximum Gasteiger partial charge on any atom is 0.128 e. The highest BCUT2D eigenvalue weighted by molar-refractivity contribution is 5.38. The first kappa shape index (κ1) is 9.44. The van der Waals surface area contributed by atoms with Gasteiger partial charge in [-0.1, -0.05) is 6.07 Å². The van der Waals surface area contributed by atoms with Crippen LogP contribution in [0.3, 0.4) is 0 Å². The average Bonchev–Trinajstić information content (AvgIpc) is 2.65. The van der Waals surface area contributed by atoms with E-state index in [1.165, 1.54) is 0 Å². The Hall–Kier alpha value is -1.12. The van der Waals surface area contributed by atoms with Gasteiger partial charge in [0.2, 0.25) is 0 Å². The molecule has 2 atom stereocenters. The van der Waals surface area contributed by atoms with Crippen LogP contribution in [-0.4, -0.2) is 24.2 Å². The molecule has 1 heterocycles. The molecule has 14 heavy (non-hydrogen) atoms. The number of pyridine rings is 1. The summed E-state index contributed by atoms with van der Waals surface area (Å²) in [6.45, 7) is 0. The molecule has 1 aliphatic rings. The molecule has 0 bridgehead atoms. The molecule has 0 saturated heterocycles. The first-order valence-corrected chi connectivity index (χ1v) is 5.07. The SMILES string of the molecule is CN(c1ccccn1)C1CCCC1F. The van der Waals surface area contributed by atoms with Crippen LogP contribution in [0.25, 0.3) is 0 Å². The number of nitrogens with zero attached hydrogens (tertiary/aromatic N) is 2. The fourth-order valence-electron chi connectivity index (χ4n) is 2.06.